The summed E-state index contributed by atoms with van der Waals surface area (Å²) in [5.74, 6) is -0.948. The van der Waals surface area contributed by atoms with Crippen molar-refractivity contribution in [1.29, 1.82) is 0 Å². The van der Waals surface area contributed by atoms with Gasteiger partial charge in [0.05, 0.1) is 35.1 Å². The summed E-state index contributed by atoms with van der Waals surface area (Å²) < 4.78 is 0. The number of hydrogen-bond donors (Lipinski definition) is 6. The van der Waals surface area contributed by atoms with E-state index in [0.29, 0.717) is 44.1 Å². The van der Waals surface area contributed by atoms with Gasteiger partial charge in [0.25, 0.3) is 0 Å². The van der Waals surface area contributed by atoms with Crippen LogP contribution in [0.3, 0.4) is 0 Å². The van der Waals surface area contributed by atoms with Crippen LogP contribution in [0, 0.1) is 28.6 Å². The molecule has 3 fully saturated rings. The summed E-state index contributed by atoms with van der Waals surface area (Å²) >= 11 is 0. The lowest BCUT2D eigenvalue weighted by atomic mass is 9.45. The smallest absolute Gasteiger partial charge is 0.159 e. The molecule has 0 spiro atoms. The molecule has 4 rings (SSSR count). The van der Waals surface area contributed by atoms with Gasteiger partial charge in [0.2, 0.25) is 0 Å². The average molecular weight is 481 g/mol. The Morgan fingerprint density at radius 2 is 1.71 bits per heavy atom. The zero-order valence-electron chi connectivity index (χ0n) is 21.3. The normalized spacial score (nSPS) is 47.2. The van der Waals surface area contributed by atoms with Crippen LogP contribution in [0.1, 0.15) is 86.0 Å². The molecule has 7 heteroatoms. The van der Waals surface area contributed by atoms with E-state index in [9.17, 15) is 35.4 Å². The number of fused-ring (bicyclic) bond motifs is 5. The number of carbonyl (C=O) groups is 1. The molecule has 7 nitrogen and oxygen atoms in total. The Hall–Kier alpha value is -0.830. The number of aliphatic hydroxyl groups is 6. The van der Waals surface area contributed by atoms with E-state index < -0.39 is 45.9 Å². The number of hydrogen-bond acceptors (Lipinski definition) is 7. The third kappa shape index (κ3) is 3.73. The highest BCUT2D eigenvalue weighted by Crippen LogP contribution is 2.68. The lowest BCUT2D eigenvalue weighted by Gasteiger charge is -2.60. The van der Waals surface area contributed by atoms with Gasteiger partial charge < -0.3 is 30.6 Å². The fourth-order valence-corrected chi connectivity index (χ4v) is 8.32. The molecule has 0 aliphatic heterocycles. The van der Waals surface area contributed by atoms with Gasteiger partial charge >= 0.3 is 0 Å². The van der Waals surface area contributed by atoms with Crippen molar-refractivity contribution in [2.45, 2.75) is 121 Å². The Kier molecular flexibility index (Phi) is 6.24. The van der Waals surface area contributed by atoms with Gasteiger partial charge in [-0.3, -0.25) is 4.79 Å². The van der Waals surface area contributed by atoms with Crippen molar-refractivity contribution in [1.82, 2.24) is 0 Å². The van der Waals surface area contributed by atoms with Crippen LogP contribution in [0.5, 0.6) is 0 Å². The van der Waals surface area contributed by atoms with Crippen LogP contribution in [0.25, 0.3) is 0 Å². The summed E-state index contributed by atoms with van der Waals surface area (Å²) in [7, 11) is 0. The molecule has 0 radical (unpaired) electrons. The summed E-state index contributed by atoms with van der Waals surface area (Å²) in [6.07, 6.45) is 2.11. The third-order valence-electron chi connectivity index (χ3n) is 10.5. The minimum absolute atomic E-state index is 0.0840. The molecule has 3 saturated carbocycles. The van der Waals surface area contributed by atoms with Crippen LogP contribution in [0.4, 0.5) is 0 Å². The van der Waals surface area contributed by atoms with E-state index >= 15 is 0 Å². The maximum Gasteiger partial charge on any atom is 0.159 e. The molecule has 0 amide bonds. The molecule has 4 aliphatic carbocycles. The molecular weight excluding hydrogens is 436 g/mol. The fraction of sp³-hybridized carbons (Fsp3) is 0.889. The summed E-state index contributed by atoms with van der Waals surface area (Å²) in [6, 6.07) is 0. The van der Waals surface area contributed by atoms with Gasteiger partial charge in [0, 0.05) is 11.3 Å². The summed E-state index contributed by atoms with van der Waals surface area (Å²) in [4.78, 5) is 13.2. The van der Waals surface area contributed by atoms with E-state index in [1.807, 2.05) is 13.8 Å². The number of rotatable bonds is 5. The van der Waals surface area contributed by atoms with E-state index in [4.69, 9.17) is 0 Å². The minimum Gasteiger partial charge on any atom is -0.390 e. The van der Waals surface area contributed by atoms with E-state index in [1.165, 1.54) is 0 Å². The lowest BCUT2D eigenvalue weighted by molar-refractivity contribution is -0.177. The van der Waals surface area contributed by atoms with E-state index in [0.717, 1.165) is 0 Å². The second kappa shape index (κ2) is 8.09. The van der Waals surface area contributed by atoms with Crippen molar-refractivity contribution in [2.24, 2.45) is 28.6 Å². The molecule has 0 unspecified atom stereocenters. The van der Waals surface area contributed by atoms with Crippen LogP contribution < -0.4 is 0 Å². The Morgan fingerprint density at radius 3 is 2.32 bits per heavy atom. The summed E-state index contributed by atoms with van der Waals surface area (Å²) in [5, 5.41) is 65.5. The Morgan fingerprint density at radius 1 is 1.06 bits per heavy atom. The first-order chi connectivity index (χ1) is 15.5. The molecule has 0 saturated heterocycles. The minimum atomic E-state index is -1.46. The van der Waals surface area contributed by atoms with Crippen LogP contribution in [0.15, 0.2) is 11.6 Å². The molecule has 0 aromatic heterocycles. The average Bonchev–Trinajstić information content (AvgIpc) is 3.00. The number of allylic oxidation sites excluding steroid dienone is 1. The maximum absolute atomic E-state index is 13.2. The van der Waals surface area contributed by atoms with Gasteiger partial charge in [-0.25, -0.2) is 0 Å². The zero-order valence-corrected chi connectivity index (χ0v) is 21.3. The van der Waals surface area contributed by atoms with Gasteiger partial charge in [-0.2, -0.15) is 0 Å². The van der Waals surface area contributed by atoms with E-state index in [-0.39, 0.29) is 36.4 Å². The molecular formula is C27H44O7. The Labute approximate surface area is 202 Å². The highest BCUT2D eigenvalue weighted by Gasteiger charge is 2.69. The molecule has 0 aromatic rings. The second-order valence-electron chi connectivity index (χ2n) is 13.2. The van der Waals surface area contributed by atoms with Gasteiger partial charge in [0.15, 0.2) is 5.78 Å². The predicted octanol–water partition coefficient (Wildman–Crippen LogP) is 1.85. The summed E-state index contributed by atoms with van der Waals surface area (Å²) in [6.45, 7) is 8.96. The molecule has 0 heterocycles. The molecule has 10 atom stereocenters. The van der Waals surface area contributed by atoms with Crippen LogP contribution in [-0.2, 0) is 4.79 Å². The standard InChI is InChI=1S/C27H44O7/c1-23(2,32)9-8-22(31)26(5,33)21-7-11-27(34)16-12-18(28)17-13-19(29)20(30)14-24(17,3)15(16)6-10-25(21,27)4/h12,15,17,19-22,29-34H,6-11,13-14H2,1-5H3/t15-,17+,19+,20+,21+,22-,24-,25-,26-,27-/m1/s1. The van der Waals surface area contributed by atoms with Crippen LogP contribution in [-0.4, -0.2) is 71.5 Å². The van der Waals surface area contributed by atoms with Gasteiger partial charge in [-0.05, 0) is 101 Å². The van der Waals surface area contributed by atoms with Crippen LogP contribution in [0.2, 0.25) is 0 Å². The van der Waals surface area contributed by atoms with Crippen molar-refractivity contribution in [3.05, 3.63) is 11.6 Å². The van der Waals surface area contributed by atoms with Gasteiger partial charge in [-0.15, -0.1) is 0 Å². The predicted molar refractivity (Wildman–Crippen MR) is 127 cm³/mol. The fourth-order valence-electron chi connectivity index (χ4n) is 8.32. The van der Waals surface area contributed by atoms with E-state index in [2.05, 4.69) is 0 Å². The Balaban J connectivity index is 1.66. The number of ketones is 1. The third-order valence-corrected chi connectivity index (χ3v) is 10.5. The summed E-state index contributed by atoms with van der Waals surface area (Å²) in [5.41, 5.74) is -4.27. The zero-order chi connectivity index (χ0) is 25.5. The molecule has 34 heavy (non-hydrogen) atoms. The first-order valence-electron chi connectivity index (χ1n) is 12.9. The highest BCUT2D eigenvalue weighted by atomic mass is 16.3. The quantitative estimate of drug-likeness (QED) is 0.353. The largest absolute Gasteiger partial charge is 0.390 e. The molecule has 194 valence electrons. The molecule has 4 aliphatic rings. The Bertz CT molecular complexity index is 860. The van der Waals surface area contributed by atoms with Crippen molar-refractivity contribution >= 4 is 5.78 Å². The van der Waals surface area contributed by atoms with Crippen molar-refractivity contribution in [2.75, 3.05) is 0 Å². The molecule has 0 aromatic carbocycles. The van der Waals surface area contributed by atoms with Gasteiger partial charge in [0.1, 0.15) is 0 Å². The van der Waals surface area contributed by atoms with Crippen LogP contribution >= 0.6 is 0 Å². The monoisotopic (exact) mass is 480 g/mol. The lowest BCUT2D eigenvalue weighted by Crippen LogP contribution is -2.62. The SMILES string of the molecule is CC(C)(O)CC[C@@H](O)[C@](C)(O)[C@H]1CC[C@@]2(O)C3=CC(=O)[C@@H]4C[C@H](O)[C@@H](O)C[C@]4(C)[C@@H]3CC[C@]12C. The van der Waals surface area contributed by atoms with E-state index in [1.54, 1.807) is 26.8 Å². The van der Waals surface area contributed by atoms with Crippen molar-refractivity contribution in [3.63, 3.8) is 0 Å². The second-order valence-corrected chi connectivity index (χ2v) is 13.2. The van der Waals surface area contributed by atoms with Crippen molar-refractivity contribution in [3.8, 4) is 0 Å². The number of carbonyl (C=O) groups excluding carboxylic acids is 1. The number of aliphatic hydroxyl groups excluding tert-OH is 3. The molecule has 6 N–H and O–H groups in total. The molecule has 0 bridgehead atoms. The highest BCUT2D eigenvalue weighted by molar-refractivity contribution is 5.95. The first-order valence-corrected chi connectivity index (χ1v) is 12.9. The van der Waals surface area contributed by atoms with Gasteiger partial charge in [-0.1, -0.05) is 13.8 Å². The first kappa shape index (κ1) is 26.2. The van der Waals surface area contributed by atoms with Crippen molar-refractivity contribution < 1.29 is 35.4 Å². The topological polar surface area (TPSA) is 138 Å². The maximum atomic E-state index is 13.2.